The summed E-state index contributed by atoms with van der Waals surface area (Å²) < 4.78 is 0. The van der Waals surface area contributed by atoms with E-state index < -0.39 is 6.10 Å². The molecule has 1 atom stereocenters. The van der Waals surface area contributed by atoms with E-state index in [9.17, 15) is 0 Å². The lowest BCUT2D eigenvalue weighted by Gasteiger charge is -2.22. The van der Waals surface area contributed by atoms with Crippen LogP contribution in [0.2, 0.25) is 0 Å². The third-order valence-corrected chi connectivity index (χ3v) is 2.75. The molecule has 1 saturated carbocycles. The summed E-state index contributed by atoms with van der Waals surface area (Å²) in [7, 11) is 0. The fraction of sp³-hybridized carbons (Fsp3) is 1.00. The largest absolute Gasteiger partial charge is 0.394 e. The quantitative estimate of drug-likeness (QED) is 0.588. The molecule has 0 aliphatic heterocycles. The standard InChI is InChI=1S/C10H21NO2/c12-8-10(13)7-11-6-9-4-2-1-3-5-9/h9-13H,1-8H2/t10-/m0/s1. The van der Waals surface area contributed by atoms with Gasteiger partial charge >= 0.3 is 0 Å². The number of rotatable bonds is 5. The lowest BCUT2D eigenvalue weighted by Crippen LogP contribution is -2.33. The molecule has 1 aliphatic rings. The lowest BCUT2D eigenvalue weighted by atomic mass is 9.89. The van der Waals surface area contributed by atoms with Gasteiger partial charge in [0, 0.05) is 6.54 Å². The van der Waals surface area contributed by atoms with Crippen LogP contribution in [-0.2, 0) is 0 Å². The first-order valence-corrected chi connectivity index (χ1v) is 5.32. The van der Waals surface area contributed by atoms with Gasteiger partial charge in [-0.05, 0) is 25.3 Å². The first kappa shape index (κ1) is 11.0. The van der Waals surface area contributed by atoms with Crippen LogP contribution in [0, 0.1) is 5.92 Å². The summed E-state index contributed by atoms with van der Waals surface area (Å²) in [5.74, 6) is 0.791. The second-order valence-electron chi connectivity index (χ2n) is 4.00. The van der Waals surface area contributed by atoms with Crippen molar-refractivity contribution in [2.45, 2.75) is 38.2 Å². The molecular weight excluding hydrogens is 166 g/mol. The third-order valence-electron chi connectivity index (χ3n) is 2.75. The molecular formula is C10H21NO2. The van der Waals surface area contributed by atoms with Crippen LogP contribution in [-0.4, -0.2) is 36.0 Å². The Kier molecular flexibility index (Phi) is 5.35. The van der Waals surface area contributed by atoms with E-state index >= 15 is 0 Å². The molecule has 13 heavy (non-hydrogen) atoms. The molecule has 0 amide bonds. The molecule has 78 valence electrons. The van der Waals surface area contributed by atoms with Crippen molar-refractivity contribution in [1.29, 1.82) is 0 Å². The Labute approximate surface area is 80.2 Å². The van der Waals surface area contributed by atoms with Crippen molar-refractivity contribution in [3.63, 3.8) is 0 Å². The molecule has 3 heteroatoms. The molecule has 3 N–H and O–H groups in total. The Bertz CT molecular complexity index is 124. The van der Waals surface area contributed by atoms with Crippen molar-refractivity contribution in [1.82, 2.24) is 5.32 Å². The number of aliphatic hydroxyl groups is 2. The average molecular weight is 187 g/mol. The van der Waals surface area contributed by atoms with Gasteiger partial charge in [-0.15, -0.1) is 0 Å². The molecule has 1 rings (SSSR count). The first-order chi connectivity index (χ1) is 6.33. The Morgan fingerprint density at radius 3 is 2.54 bits per heavy atom. The molecule has 1 aliphatic carbocycles. The molecule has 0 aromatic rings. The summed E-state index contributed by atoms with van der Waals surface area (Å²) in [5.41, 5.74) is 0. The molecule has 0 heterocycles. The van der Waals surface area contributed by atoms with Gasteiger partial charge in [0.15, 0.2) is 0 Å². The minimum absolute atomic E-state index is 0.141. The molecule has 0 spiro atoms. The zero-order chi connectivity index (χ0) is 9.52. The lowest BCUT2D eigenvalue weighted by molar-refractivity contribution is 0.0930. The van der Waals surface area contributed by atoms with Gasteiger partial charge in [0.1, 0.15) is 0 Å². The Hall–Kier alpha value is -0.120. The van der Waals surface area contributed by atoms with E-state index in [2.05, 4.69) is 5.32 Å². The predicted octanol–water partition coefficient (Wildman–Crippen LogP) is 0.509. The third kappa shape index (κ3) is 4.60. The SMILES string of the molecule is OC[C@@H](O)CNCC1CCCCC1. The maximum Gasteiger partial charge on any atom is 0.0894 e. The second kappa shape index (κ2) is 6.35. The van der Waals surface area contributed by atoms with E-state index in [1.807, 2.05) is 0 Å². The highest BCUT2D eigenvalue weighted by Gasteiger charge is 2.12. The van der Waals surface area contributed by atoms with Crippen molar-refractivity contribution < 1.29 is 10.2 Å². The smallest absolute Gasteiger partial charge is 0.0894 e. The first-order valence-electron chi connectivity index (χ1n) is 5.32. The van der Waals surface area contributed by atoms with Crippen LogP contribution in [0.5, 0.6) is 0 Å². The van der Waals surface area contributed by atoms with Gasteiger partial charge in [-0.3, -0.25) is 0 Å². The van der Waals surface area contributed by atoms with Crippen LogP contribution in [0.25, 0.3) is 0 Å². The number of hydrogen-bond donors (Lipinski definition) is 3. The highest BCUT2D eigenvalue weighted by atomic mass is 16.3. The average Bonchev–Trinajstić information content (AvgIpc) is 2.19. The highest BCUT2D eigenvalue weighted by Crippen LogP contribution is 2.22. The van der Waals surface area contributed by atoms with Gasteiger partial charge < -0.3 is 15.5 Å². The van der Waals surface area contributed by atoms with Crippen LogP contribution < -0.4 is 5.32 Å². The fourth-order valence-electron chi connectivity index (χ4n) is 1.91. The summed E-state index contributed by atoms with van der Waals surface area (Å²) >= 11 is 0. The molecule has 0 aromatic carbocycles. The van der Waals surface area contributed by atoms with E-state index in [0.29, 0.717) is 6.54 Å². The van der Waals surface area contributed by atoms with E-state index in [-0.39, 0.29) is 6.61 Å². The molecule has 1 fully saturated rings. The minimum atomic E-state index is -0.594. The van der Waals surface area contributed by atoms with Crippen LogP contribution in [0.4, 0.5) is 0 Å². The molecule has 0 radical (unpaired) electrons. The Balaban J connectivity index is 1.98. The van der Waals surface area contributed by atoms with Gasteiger partial charge in [-0.2, -0.15) is 0 Å². The second-order valence-corrected chi connectivity index (χ2v) is 4.00. The van der Waals surface area contributed by atoms with Crippen LogP contribution in [0.15, 0.2) is 0 Å². The molecule has 0 unspecified atom stereocenters. The summed E-state index contributed by atoms with van der Waals surface area (Å²) in [5, 5.41) is 20.9. The number of nitrogens with one attached hydrogen (secondary N) is 1. The zero-order valence-corrected chi connectivity index (χ0v) is 8.21. The van der Waals surface area contributed by atoms with Gasteiger partial charge in [-0.1, -0.05) is 19.3 Å². The number of aliphatic hydroxyl groups excluding tert-OH is 2. The topological polar surface area (TPSA) is 52.5 Å². The van der Waals surface area contributed by atoms with Gasteiger partial charge in [0.25, 0.3) is 0 Å². The van der Waals surface area contributed by atoms with Crippen molar-refractivity contribution in [2.75, 3.05) is 19.7 Å². The maximum atomic E-state index is 9.07. The van der Waals surface area contributed by atoms with E-state index in [1.54, 1.807) is 0 Å². The number of hydrogen-bond acceptors (Lipinski definition) is 3. The van der Waals surface area contributed by atoms with Crippen LogP contribution >= 0.6 is 0 Å². The van der Waals surface area contributed by atoms with Crippen molar-refractivity contribution in [2.24, 2.45) is 5.92 Å². The Morgan fingerprint density at radius 2 is 1.92 bits per heavy atom. The summed E-state index contributed by atoms with van der Waals surface area (Å²) in [6.07, 6.45) is 6.15. The molecule has 3 nitrogen and oxygen atoms in total. The van der Waals surface area contributed by atoms with E-state index in [0.717, 1.165) is 12.5 Å². The van der Waals surface area contributed by atoms with Crippen LogP contribution in [0.1, 0.15) is 32.1 Å². The minimum Gasteiger partial charge on any atom is -0.394 e. The van der Waals surface area contributed by atoms with Crippen molar-refractivity contribution in [3.8, 4) is 0 Å². The van der Waals surface area contributed by atoms with Gasteiger partial charge in [-0.25, -0.2) is 0 Å². The van der Waals surface area contributed by atoms with Gasteiger partial charge in [0.2, 0.25) is 0 Å². The van der Waals surface area contributed by atoms with Gasteiger partial charge in [0.05, 0.1) is 12.7 Å². The zero-order valence-electron chi connectivity index (χ0n) is 8.21. The molecule has 0 saturated heterocycles. The summed E-state index contributed by atoms with van der Waals surface area (Å²) in [6.45, 7) is 1.38. The van der Waals surface area contributed by atoms with Crippen LogP contribution in [0.3, 0.4) is 0 Å². The predicted molar refractivity (Wildman–Crippen MR) is 52.5 cm³/mol. The fourth-order valence-corrected chi connectivity index (χ4v) is 1.91. The monoisotopic (exact) mass is 187 g/mol. The maximum absolute atomic E-state index is 9.07. The van der Waals surface area contributed by atoms with Crippen molar-refractivity contribution >= 4 is 0 Å². The van der Waals surface area contributed by atoms with Crippen molar-refractivity contribution in [3.05, 3.63) is 0 Å². The Morgan fingerprint density at radius 1 is 1.23 bits per heavy atom. The molecule has 0 aromatic heterocycles. The summed E-state index contributed by atoms with van der Waals surface area (Å²) in [4.78, 5) is 0. The summed E-state index contributed by atoms with van der Waals surface area (Å²) in [6, 6.07) is 0. The highest BCUT2D eigenvalue weighted by molar-refractivity contribution is 4.69. The normalized spacial score (nSPS) is 21.7. The van der Waals surface area contributed by atoms with E-state index in [4.69, 9.17) is 10.2 Å². The van der Waals surface area contributed by atoms with E-state index in [1.165, 1.54) is 32.1 Å². The molecule has 0 bridgehead atoms.